The standard InChI is InChI=1S/C26H35FN4O5/c1-16(2)10-19(14-24(32)29-15-18-6-8-20(27)22(12-18)35-4)30-26(28)31-25(33)13-17-7-9-21(34-3)23(11-17)36-5/h6-9,11-12,16,19H,10,13-15H2,1-5H3,(H,29,32)(H3,28,30,31,33)/t19-/m1/s1. The Morgan fingerprint density at radius 1 is 0.944 bits per heavy atom. The zero-order valence-electron chi connectivity index (χ0n) is 21.4. The van der Waals surface area contributed by atoms with Gasteiger partial charge in [-0.25, -0.2) is 9.38 Å². The molecule has 0 aliphatic rings. The van der Waals surface area contributed by atoms with Crippen LogP contribution in [0.3, 0.4) is 0 Å². The second-order valence-corrected chi connectivity index (χ2v) is 8.66. The fourth-order valence-electron chi connectivity index (χ4n) is 3.62. The van der Waals surface area contributed by atoms with Crippen LogP contribution in [0.4, 0.5) is 4.39 Å². The maximum absolute atomic E-state index is 13.6. The van der Waals surface area contributed by atoms with E-state index in [1.165, 1.54) is 33.5 Å². The van der Waals surface area contributed by atoms with Gasteiger partial charge in [0.05, 0.1) is 33.8 Å². The van der Waals surface area contributed by atoms with Gasteiger partial charge in [-0.15, -0.1) is 0 Å². The summed E-state index contributed by atoms with van der Waals surface area (Å²) in [5.41, 5.74) is 7.40. The molecule has 0 bridgehead atoms. The van der Waals surface area contributed by atoms with Crippen LogP contribution in [0, 0.1) is 11.7 Å². The summed E-state index contributed by atoms with van der Waals surface area (Å²) < 4.78 is 29.0. The number of rotatable bonds is 12. The average molecular weight is 503 g/mol. The number of carbonyl (C=O) groups excluding carboxylic acids is 2. The highest BCUT2D eigenvalue weighted by atomic mass is 19.1. The SMILES string of the molecule is COc1cc(CNC(=O)C[C@@H](CC(C)C)N=C(N)NC(=O)Cc2ccc(OC)c(OC)c2)ccc1F. The Morgan fingerprint density at radius 3 is 2.22 bits per heavy atom. The lowest BCUT2D eigenvalue weighted by Crippen LogP contribution is -2.39. The Balaban J connectivity index is 1.97. The van der Waals surface area contributed by atoms with Gasteiger partial charge in [0.2, 0.25) is 11.8 Å². The lowest BCUT2D eigenvalue weighted by Gasteiger charge is -2.16. The Morgan fingerprint density at radius 2 is 1.58 bits per heavy atom. The van der Waals surface area contributed by atoms with Gasteiger partial charge in [0.15, 0.2) is 29.0 Å². The second kappa shape index (κ2) is 13.9. The third kappa shape index (κ3) is 9.09. The van der Waals surface area contributed by atoms with Crippen molar-refractivity contribution in [3.05, 3.63) is 53.3 Å². The summed E-state index contributed by atoms with van der Waals surface area (Å²) in [6.45, 7) is 4.24. The Bertz CT molecular complexity index is 1070. The van der Waals surface area contributed by atoms with Crippen molar-refractivity contribution in [1.29, 1.82) is 0 Å². The molecule has 2 rings (SSSR count). The van der Waals surface area contributed by atoms with E-state index in [4.69, 9.17) is 19.9 Å². The molecule has 0 saturated carbocycles. The second-order valence-electron chi connectivity index (χ2n) is 8.66. The Hall–Kier alpha value is -3.82. The number of hydrogen-bond acceptors (Lipinski definition) is 6. The van der Waals surface area contributed by atoms with E-state index in [0.29, 0.717) is 29.0 Å². The summed E-state index contributed by atoms with van der Waals surface area (Å²) >= 11 is 0. The molecule has 0 unspecified atom stereocenters. The van der Waals surface area contributed by atoms with E-state index in [-0.39, 0.29) is 48.8 Å². The summed E-state index contributed by atoms with van der Waals surface area (Å²) in [5, 5.41) is 5.39. The number of nitrogens with two attached hydrogens (primary N) is 1. The summed E-state index contributed by atoms with van der Waals surface area (Å²) in [4.78, 5) is 29.4. The van der Waals surface area contributed by atoms with Crippen LogP contribution >= 0.6 is 0 Å². The van der Waals surface area contributed by atoms with Gasteiger partial charge in [0.1, 0.15) is 0 Å². The van der Waals surface area contributed by atoms with Gasteiger partial charge in [-0.2, -0.15) is 0 Å². The highest BCUT2D eigenvalue weighted by Crippen LogP contribution is 2.27. The van der Waals surface area contributed by atoms with Crippen molar-refractivity contribution >= 4 is 17.8 Å². The number of nitrogens with one attached hydrogen (secondary N) is 2. The number of guanidine groups is 1. The molecule has 0 saturated heterocycles. The van der Waals surface area contributed by atoms with Crippen molar-refractivity contribution in [3.63, 3.8) is 0 Å². The molecule has 196 valence electrons. The number of carbonyl (C=O) groups is 2. The molecule has 36 heavy (non-hydrogen) atoms. The fraction of sp³-hybridized carbons (Fsp3) is 0.423. The van der Waals surface area contributed by atoms with Crippen LogP contribution in [-0.4, -0.2) is 45.1 Å². The minimum Gasteiger partial charge on any atom is -0.494 e. The minimum atomic E-state index is -0.470. The number of nitrogens with zero attached hydrogens (tertiary/aromatic N) is 1. The number of hydrogen-bond donors (Lipinski definition) is 3. The summed E-state index contributed by atoms with van der Waals surface area (Å²) in [6, 6.07) is 9.18. The third-order valence-corrected chi connectivity index (χ3v) is 5.27. The largest absolute Gasteiger partial charge is 0.494 e. The topological polar surface area (TPSA) is 124 Å². The number of ether oxygens (including phenoxy) is 3. The van der Waals surface area contributed by atoms with Crippen LogP contribution in [0.25, 0.3) is 0 Å². The molecule has 1 atom stereocenters. The normalized spacial score (nSPS) is 12.1. The fourth-order valence-corrected chi connectivity index (χ4v) is 3.62. The molecule has 2 aromatic rings. The van der Waals surface area contributed by atoms with Crippen LogP contribution in [0.1, 0.15) is 37.8 Å². The lowest BCUT2D eigenvalue weighted by molar-refractivity contribution is -0.121. The van der Waals surface area contributed by atoms with Crippen LogP contribution in [0.5, 0.6) is 17.2 Å². The predicted molar refractivity (Wildman–Crippen MR) is 136 cm³/mol. The third-order valence-electron chi connectivity index (χ3n) is 5.27. The first kappa shape index (κ1) is 28.4. The van der Waals surface area contributed by atoms with Crippen LogP contribution in [0.2, 0.25) is 0 Å². The van der Waals surface area contributed by atoms with E-state index in [2.05, 4.69) is 15.6 Å². The quantitative estimate of drug-likeness (QED) is 0.303. The van der Waals surface area contributed by atoms with Crippen molar-refractivity contribution in [2.24, 2.45) is 16.6 Å². The molecule has 0 heterocycles. The smallest absolute Gasteiger partial charge is 0.231 e. The summed E-state index contributed by atoms with van der Waals surface area (Å²) in [6.07, 6.45) is 0.750. The lowest BCUT2D eigenvalue weighted by atomic mass is 10.0. The highest BCUT2D eigenvalue weighted by molar-refractivity contribution is 5.97. The van der Waals surface area contributed by atoms with Gasteiger partial charge in [-0.3, -0.25) is 14.9 Å². The molecule has 0 spiro atoms. The Labute approximate surface area is 211 Å². The minimum absolute atomic E-state index is 0.0535. The molecule has 0 aliphatic carbocycles. The molecular formula is C26H35FN4O5. The van der Waals surface area contributed by atoms with E-state index in [1.807, 2.05) is 13.8 Å². The van der Waals surface area contributed by atoms with Crippen molar-refractivity contribution in [3.8, 4) is 17.2 Å². The van der Waals surface area contributed by atoms with E-state index in [0.717, 1.165) is 0 Å². The molecule has 4 N–H and O–H groups in total. The maximum atomic E-state index is 13.6. The zero-order chi connectivity index (χ0) is 26.7. The molecule has 0 aromatic heterocycles. The van der Waals surface area contributed by atoms with Crippen LogP contribution in [-0.2, 0) is 22.6 Å². The summed E-state index contributed by atoms with van der Waals surface area (Å²) in [7, 11) is 4.44. The van der Waals surface area contributed by atoms with Gasteiger partial charge in [-0.1, -0.05) is 26.0 Å². The number of aliphatic imine (C=N–C) groups is 1. The molecule has 0 aliphatic heterocycles. The molecule has 9 nitrogen and oxygen atoms in total. The first-order valence-corrected chi connectivity index (χ1v) is 11.6. The molecule has 0 radical (unpaired) electrons. The van der Waals surface area contributed by atoms with Crippen molar-refractivity contribution in [1.82, 2.24) is 10.6 Å². The van der Waals surface area contributed by atoms with E-state index in [1.54, 1.807) is 24.3 Å². The van der Waals surface area contributed by atoms with Gasteiger partial charge >= 0.3 is 0 Å². The number of methoxy groups -OCH3 is 3. The number of halogens is 1. The van der Waals surface area contributed by atoms with Gasteiger partial charge in [0.25, 0.3) is 0 Å². The first-order chi connectivity index (χ1) is 17.1. The van der Waals surface area contributed by atoms with Crippen LogP contribution < -0.4 is 30.6 Å². The van der Waals surface area contributed by atoms with Crippen molar-refractivity contribution in [2.45, 2.75) is 45.7 Å². The molecule has 0 fully saturated rings. The van der Waals surface area contributed by atoms with Crippen LogP contribution in [0.15, 0.2) is 41.4 Å². The number of amides is 2. The first-order valence-electron chi connectivity index (χ1n) is 11.6. The van der Waals surface area contributed by atoms with E-state index < -0.39 is 11.9 Å². The molecular weight excluding hydrogens is 467 g/mol. The molecule has 2 amide bonds. The average Bonchev–Trinajstić information content (AvgIpc) is 2.82. The molecule has 2 aromatic carbocycles. The monoisotopic (exact) mass is 502 g/mol. The van der Waals surface area contributed by atoms with Gasteiger partial charge in [0, 0.05) is 13.0 Å². The number of benzene rings is 2. The van der Waals surface area contributed by atoms with Gasteiger partial charge < -0.3 is 25.3 Å². The van der Waals surface area contributed by atoms with E-state index >= 15 is 0 Å². The van der Waals surface area contributed by atoms with Crippen molar-refractivity contribution < 1.29 is 28.2 Å². The van der Waals surface area contributed by atoms with Gasteiger partial charge in [-0.05, 0) is 47.7 Å². The zero-order valence-corrected chi connectivity index (χ0v) is 21.4. The predicted octanol–water partition coefficient (Wildman–Crippen LogP) is 2.95. The summed E-state index contributed by atoms with van der Waals surface area (Å²) in [5.74, 6) is 0.342. The highest BCUT2D eigenvalue weighted by Gasteiger charge is 2.17. The Kier molecular flexibility index (Phi) is 11.0. The van der Waals surface area contributed by atoms with Crippen molar-refractivity contribution in [2.75, 3.05) is 21.3 Å². The maximum Gasteiger partial charge on any atom is 0.231 e. The molecule has 10 heteroatoms. The van der Waals surface area contributed by atoms with E-state index in [9.17, 15) is 14.0 Å².